The summed E-state index contributed by atoms with van der Waals surface area (Å²) in [4.78, 5) is 3.98. The van der Waals surface area contributed by atoms with E-state index in [4.69, 9.17) is 4.74 Å². The van der Waals surface area contributed by atoms with Crippen LogP contribution >= 0.6 is 0 Å². The highest BCUT2D eigenvalue weighted by atomic mass is 19.1. The third kappa shape index (κ3) is 1.10. The highest BCUT2D eigenvalue weighted by Gasteiger charge is 2.46. The van der Waals surface area contributed by atoms with E-state index in [1.165, 1.54) is 12.3 Å². The standard InChI is InChI=1S/C9H10FNO/c1-12-9(4-5-9)8-3-2-7(10)6-11-8/h2-3,6H,4-5H2,1H3. The van der Waals surface area contributed by atoms with Crippen LogP contribution in [0, 0.1) is 5.82 Å². The molecule has 1 aliphatic carbocycles. The normalized spacial score (nSPS) is 19.2. The van der Waals surface area contributed by atoms with Gasteiger partial charge in [0.25, 0.3) is 0 Å². The molecule has 1 fully saturated rings. The van der Waals surface area contributed by atoms with Gasteiger partial charge in [-0.2, -0.15) is 0 Å². The molecule has 0 saturated heterocycles. The van der Waals surface area contributed by atoms with Crippen LogP contribution in [0.1, 0.15) is 18.5 Å². The lowest BCUT2D eigenvalue weighted by molar-refractivity contribution is 0.0751. The quantitative estimate of drug-likeness (QED) is 0.670. The summed E-state index contributed by atoms with van der Waals surface area (Å²) in [6.07, 6.45) is 3.21. The van der Waals surface area contributed by atoms with Gasteiger partial charge in [0.1, 0.15) is 11.4 Å². The van der Waals surface area contributed by atoms with Gasteiger partial charge in [-0.05, 0) is 25.0 Å². The Labute approximate surface area is 70.4 Å². The molecule has 2 rings (SSSR count). The Morgan fingerprint density at radius 1 is 1.50 bits per heavy atom. The molecule has 0 bridgehead atoms. The molecule has 64 valence electrons. The number of hydrogen-bond donors (Lipinski definition) is 0. The first-order chi connectivity index (χ1) is 5.77. The van der Waals surface area contributed by atoms with E-state index >= 15 is 0 Å². The minimum Gasteiger partial charge on any atom is -0.372 e. The fraction of sp³-hybridized carbons (Fsp3) is 0.444. The molecular weight excluding hydrogens is 157 g/mol. The molecule has 0 aromatic carbocycles. The van der Waals surface area contributed by atoms with Crippen molar-refractivity contribution in [2.75, 3.05) is 7.11 Å². The lowest BCUT2D eigenvalue weighted by Crippen LogP contribution is -2.10. The molecule has 0 aliphatic heterocycles. The maximum Gasteiger partial charge on any atom is 0.141 e. The van der Waals surface area contributed by atoms with E-state index in [0.29, 0.717) is 0 Å². The minimum atomic E-state index is -0.300. The first-order valence-electron chi connectivity index (χ1n) is 3.94. The molecule has 1 aliphatic rings. The molecule has 12 heavy (non-hydrogen) atoms. The van der Waals surface area contributed by atoms with Crippen LogP contribution in [0.5, 0.6) is 0 Å². The van der Waals surface area contributed by atoms with Gasteiger partial charge in [0.2, 0.25) is 0 Å². The first kappa shape index (κ1) is 7.68. The maximum absolute atomic E-state index is 12.5. The van der Waals surface area contributed by atoms with Crippen LogP contribution in [-0.2, 0) is 10.3 Å². The van der Waals surface area contributed by atoms with Gasteiger partial charge in [0.15, 0.2) is 0 Å². The zero-order valence-corrected chi connectivity index (χ0v) is 6.88. The van der Waals surface area contributed by atoms with Crippen LogP contribution in [0.2, 0.25) is 0 Å². The topological polar surface area (TPSA) is 22.1 Å². The number of rotatable bonds is 2. The number of hydrogen-bond acceptors (Lipinski definition) is 2. The molecule has 0 spiro atoms. The Kier molecular flexibility index (Phi) is 1.61. The molecule has 1 aromatic rings. The number of nitrogens with zero attached hydrogens (tertiary/aromatic N) is 1. The zero-order chi connectivity index (χ0) is 8.60. The second kappa shape index (κ2) is 2.52. The van der Waals surface area contributed by atoms with Crippen molar-refractivity contribution in [2.24, 2.45) is 0 Å². The molecule has 0 amide bonds. The molecule has 3 heteroatoms. The number of halogens is 1. The van der Waals surface area contributed by atoms with Crippen molar-refractivity contribution < 1.29 is 9.13 Å². The van der Waals surface area contributed by atoms with Crippen molar-refractivity contribution >= 4 is 0 Å². The molecule has 0 N–H and O–H groups in total. The van der Waals surface area contributed by atoms with E-state index < -0.39 is 0 Å². The molecular formula is C9H10FNO. The second-order valence-corrected chi connectivity index (χ2v) is 3.06. The van der Waals surface area contributed by atoms with E-state index in [-0.39, 0.29) is 11.4 Å². The SMILES string of the molecule is COC1(c2ccc(F)cn2)CC1. The molecule has 1 saturated carbocycles. The monoisotopic (exact) mass is 167 g/mol. The predicted octanol–water partition coefficient (Wildman–Crippen LogP) is 1.86. The average Bonchev–Trinajstić information content (AvgIpc) is 2.86. The Morgan fingerprint density at radius 3 is 2.67 bits per heavy atom. The number of ether oxygens (including phenoxy) is 1. The van der Waals surface area contributed by atoms with Crippen LogP contribution in [0.4, 0.5) is 4.39 Å². The number of pyridine rings is 1. The summed E-state index contributed by atoms with van der Waals surface area (Å²) in [5, 5.41) is 0. The minimum absolute atomic E-state index is 0.201. The average molecular weight is 167 g/mol. The first-order valence-corrected chi connectivity index (χ1v) is 3.94. The van der Waals surface area contributed by atoms with Gasteiger partial charge in [-0.25, -0.2) is 4.39 Å². The Morgan fingerprint density at radius 2 is 2.25 bits per heavy atom. The Balaban J connectivity index is 2.29. The molecule has 1 heterocycles. The summed E-state index contributed by atoms with van der Waals surface area (Å²) < 4.78 is 17.8. The van der Waals surface area contributed by atoms with E-state index in [2.05, 4.69) is 4.98 Å². The molecule has 0 atom stereocenters. The van der Waals surface area contributed by atoms with E-state index in [0.717, 1.165) is 18.5 Å². The van der Waals surface area contributed by atoms with Crippen molar-refractivity contribution in [3.8, 4) is 0 Å². The molecule has 0 radical (unpaired) electrons. The van der Waals surface area contributed by atoms with Crippen LogP contribution < -0.4 is 0 Å². The van der Waals surface area contributed by atoms with Gasteiger partial charge >= 0.3 is 0 Å². The molecule has 0 unspecified atom stereocenters. The Hall–Kier alpha value is -0.960. The maximum atomic E-state index is 12.5. The van der Waals surface area contributed by atoms with Crippen LogP contribution in [0.25, 0.3) is 0 Å². The van der Waals surface area contributed by atoms with Crippen LogP contribution in [-0.4, -0.2) is 12.1 Å². The zero-order valence-electron chi connectivity index (χ0n) is 6.88. The molecule has 2 nitrogen and oxygen atoms in total. The third-order valence-electron chi connectivity index (χ3n) is 2.29. The highest BCUT2D eigenvalue weighted by Crippen LogP contribution is 2.47. The van der Waals surface area contributed by atoms with Crippen LogP contribution in [0.15, 0.2) is 18.3 Å². The van der Waals surface area contributed by atoms with E-state index in [9.17, 15) is 4.39 Å². The summed E-state index contributed by atoms with van der Waals surface area (Å²) >= 11 is 0. The van der Waals surface area contributed by atoms with Gasteiger partial charge in [0.05, 0.1) is 11.9 Å². The smallest absolute Gasteiger partial charge is 0.141 e. The fourth-order valence-corrected chi connectivity index (χ4v) is 1.32. The third-order valence-corrected chi connectivity index (χ3v) is 2.29. The second-order valence-electron chi connectivity index (χ2n) is 3.06. The lowest BCUT2D eigenvalue weighted by atomic mass is 10.2. The van der Waals surface area contributed by atoms with E-state index in [1.807, 2.05) is 0 Å². The largest absolute Gasteiger partial charge is 0.372 e. The van der Waals surface area contributed by atoms with Crippen molar-refractivity contribution in [3.05, 3.63) is 29.8 Å². The Bertz CT molecular complexity index is 279. The van der Waals surface area contributed by atoms with Gasteiger partial charge in [-0.3, -0.25) is 4.98 Å². The van der Waals surface area contributed by atoms with Gasteiger partial charge < -0.3 is 4.74 Å². The van der Waals surface area contributed by atoms with Gasteiger partial charge in [0, 0.05) is 7.11 Å². The number of aromatic nitrogens is 1. The fourth-order valence-electron chi connectivity index (χ4n) is 1.32. The summed E-state index contributed by atoms with van der Waals surface area (Å²) in [5.74, 6) is -0.300. The molecule has 1 aromatic heterocycles. The van der Waals surface area contributed by atoms with Crippen molar-refractivity contribution in [2.45, 2.75) is 18.4 Å². The highest BCUT2D eigenvalue weighted by molar-refractivity contribution is 5.20. The van der Waals surface area contributed by atoms with Gasteiger partial charge in [-0.1, -0.05) is 0 Å². The summed E-state index contributed by atoms with van der Waals surface area (Å²) in [7, 11) is 1.66. The van der Waals surface area contributed by atoms with Gasteiger partial charge in [-0.15, -0.1) is 0 Å². The summed E-state index contributed by atoms with van der Waals surface area (Å²) in [5.41, 5.74) is 0.639. The van der Waals surface area contributed by atoms with Crippen LogP contribution in [0.3, 0.4) is 0 Å². The van der Waals surface area contributed by atoms with Crippen molar-refractivity contribution in [1.29, 1.82) is 0 Å². The van der Waals surface area contributed by atoms with E-state index in [1.54, 1.807) is 13.2 Å². The lowest BCUT2D eigenvalue weighted by Gasteiger charge is -2.11. The van der Waals surface area contributed by atoms with Crippen molar-refractivity contribution in [1.82, 2.24) is 4.98 Å². The predicted molar refractivity (Wildman–Crippen MR) is 42.1 cm³/mol. The summed E-state index contributed by atoms with van der Waals surface area (Å²) in [6.45, 7) is 0. The van der Waals surface area contributed by atoms with Crippen molar-refractivity contribution in [3.63, 3.8) is 0 Å². The number of methoxy groups -OCH3 is 1. The summed E-state index contributed by atoms with van der Waals surface area (Å²) in [6, 6.07) is 3.10.